The zero-order valence-corrected chi connectivity index (χ0v) is 23.8. The van der Waals surface area contributed by atoms with Gasteiger partial charge in [-0.2, -0.15) is 0 Å². The van der Waals surface area contributed by atoms with E-state index in [-0.39, 0.29) is 19.0 Å². The van der Waals surface area contributed by atoms with Gasteiger partial charge in [0, 0.05) is 24.0 Å². The van der Waals surface area contributed by atoms with Crippen molar-refractivity contribution in [2.45, 2.75) is 95.7 Å². The quantitative estimate of drug-likeness (QED) is 0.406. The fourth-order valence-electron chi connectivity index (χ4n) is 4.76. The predicted molar refractivity (Wildman–Crippen MR) is 148 cm³/mol. The summed E-state index contributed by atoms with van der Waals surface area (Å²) < 4.78 is 17.2. The Kier molecular flexibility index (Phi) is 9.02. The van der Waals surface area contributed by atoms with E-state index in [2.05, 4.69) is 15.6 Å². The lowest BCUT2D eigenvalue weighted by atomic mass is 10.0. The van der Waals surface area contributed by atoms with E-state index in [4.69, 9.17) is 14.2 Å². The highest BCUT2D eigenvalue weighted by molar-refractivity contribution is 5.89. The van der Waals surface area contributed by atoms with Crippen LogP contribution in [-0.4, -0.2) is 82.5 Å². The topological polar surface area (TPSA) is 139 Å². The molecule has 0 bridgehead atoms. The fourth-order valence-corrected chi connectivity index (χ4v) is 4.76. The van der Waals surface area contributed by atoms with E-state index in [1.54, 1.807) is 34.1 Å². The number of nitrogens with one attached hydrogen (secondary N) is 2. The largest absolute Gasteiger partial charge is 0.497 e. The summed E-state index contributed by atoms with van der Waals surface area (Å²) in [4.78, 5) is 45.0. The van der Waals surface area contributed by atoms with Crippen LogP contribution in [0.2, 0.25) is 0 Å². The molecule has 2 unspecified atom stereocenters. The summed E-state index contributed by atoms with van der Waals surface area (Å²) in [6, 6.07) is 5.75. The fraction of sp³-hybridized carbons (Fsp3) is 0.586. The van der Waals surface area contributed by atoms with Crippen molar-refractivity contribution >= 4 is 28.7 Å². The molecular weight excluding hydrogens is 516 g/mol. The van der Waals surface area contributed by atoms with Crippen LogP contribution in [-0.2, 0) is 14.3 Å². The van der Waals surface area contributed by atoms with E-state index in [0.717, 1.165) is 23.6 Å². The molecule has 2 aromatic rings. The van der Waals surface area contributed by atoms with Gasteiger partial charge in [0.05, 0.1) is 19.7 Å². The number of aliphatic hydroxyl groups is 1. The Labute approximate surface area is 234 Å². The lowest BCUT2D eigenvalue weighted by molar-refractivity contribution is -0.133. The summed E-state index contributed by atoms with van der Waals surface area (Å²) in [5.74, 6) is 0.0974. The molecule has 4 rings (SSSR count). The van der Waals surface area contributed by atoms with Crippen LogP contribution >= 0.6 is 0 Å². The number of fused-ring (bicyclic) bond motifs is 1. The van der Waals surface area contributed by atoms with Gasteiger partial charge in [0.1, 0.15) is 23.5 Å². The molecule has 11 nitrogen and oxygen atoms in total. The number of nitrogens with zero attached hydrogens (tertiary/aromatic N) is 2. The van der Waals surface area contributed by atoms with Crippen molar-refractivity contribution in [1.29, 1.82) is 0 Å². The van der Waals surface area contributed by atoms with E-state index in [1.165, 1.54) is 4.90 Å². The number of rotatable bonds is 10. The Hall–Kier alpha value is -3.60. The summed E-state index contributed by atoms with van der Waals surface area (Å²) in [6.07, 6.45) is 2.03. The molecule has 3 amide bonds. The summed E-state index contributed by atoms with van der Waals surface area (Å²) in [6.45, 7) is 7.27. The average molecular weight is 557 g/mol. The zero-order valence-electron chi connectivity index (χ0n) is 23.8. The number of hydrogen-bond donors (Lipinski definition) is 3. The van der Waals surface area contributed by atoms with Gasteiger partial charge in [-0.05, 0) is 69.7 Å². The second-order valence-corrected chi connectivity index (χ2v) is 11.5. The molecule has 0 radical (unpaired) electrons. The van der Waals surface area contributed by atoms with Gasteiger partial charge in [-0.3, -0.25) is 14.5 Å². The predicted octanol–water partition coefficient (Wildman–Crippen LogP) is 2.92. The highest BCUT2D eigenvalue weighted by Crippen LogP contribution is 2.31. The van der Waals surface area contributed by atoms with Gasteiger partial charge in [0.15, 0.2) is 6.10 Å². The van der Waals surface area contributed by atoms with Gasteiger partial charge in [-0.25, -0.2) is 9.78 Å². The molecular formula is C29H40N4O7. The number of hydrogen-bond acceptors (Lipinski definition) is 8. The van der Waals surface area contributed by atoms with Crippen molar-refractivity contribution in [2.75, 3.05) is 13.7 Å². The molecule has 2 aliphatic rings. The molecule has 1 aliphatic heterocycles. The van der Waals surface area contributed by atoms with Crippen LogP contribution in [0.15, 0.2) is 30.5 Å². The number of ether oxygens (including phenoxy) is 3. The molecule has 218 valence electrons. The second-order valence-electron chi connectivity index (χ2n) is 11.5. The van der Waals surface area contributed by atoms with E-state index in [9.17, 15) is 19.5 Å². The summed E-state index contributed by atoms with van der Waals surface area (Å²) in [5.41, 5.74) is -0.769. The number of benzene rings is 1. The molecule has 40 heavy (non-hydrogen) atoms. The molecule has 1 aromatic heterocycles. The van der Waals surface area contributed by atoms with Crippen LogP contribution in [0.3, 0.4) is 0 Å². The Balaban J connectivity index is 1.53. The first-order valence-electron chi connectivity index (χ1n) is 13.9. The monoisotopic (exact) mass is 556 g/mol. The number of carbonyl (C=O) groups excluding carboxylic acids is 3. The van der Waals surface area contributed by atoms with Crippen molar-refractivity contribution < 1.29 is 33.7 Å². The van der Waals surface area contributed by atoms with Crippen molar-refractivity contribution in [3.8, 4) is 11.6 Å². The van der Waals surface area contributed by atoms with Crippen LogP contribution in [0.4, 0.5) is 4.79 Å². The maximum Gasteiger partial charge on any atom is 0.411 e. The summed E-state index contributed by atoms with van der Waals surface area (Å²) in [5, 5.41) is 18.0. The SMILES string of the molecule is CCC[C@H](NC(=O)[C@@H]1CC(Oc2nccc3cc(OC)ccc23)CN1C(=O)OC(C)(C)C)C(O)C(=O)NC1CC1. The highest BCUT2D eigenvalue weighted by Gasteiger charge is 2.44. The molecule has 1 aliphatic carbocycles. The van der Waals surface area contributed by atoms with E-state index in [1.807, 2.05) is 31.2 Å². The van der Waals surface area contributed by atoms with Crippen molar-refractivity contribution in [1.82, 2.24) is 20.5 Å². The first kappa shape index (κ1) is 29.4. The minimum Gasteiger partial charge on any atom is -0.497 e. The van der Waals surface area contributed by atoms with Crippen LogP contribution < -0.4 is 20.1 Å². The van der Waals surface area contributed by atoms with Gasteiger partial charge in [0.2, 0.25) is 11.8 Å². The molecule has 4 atom stereocenters. The number of aliphatic hydroxyl groups excluding tert-OH is 1. The molecule has 2 heterocycles. The van der Waals surface area contributed by atoms with E-state index in [0.29, 0.717) is 24.5 Å². The normalized spacial score (nSPS) is 20.5. The average Bonchev–Trinajstić information content (AvgIpc) is 3.62. The van der Waals surface area contributed by atoms with Gasteiger partial charge in [-0.15, -0.1) is 0 Å². The molecule has 11 heteroatoms. The maximum atomic E-state index is 13.6. The van der Waals surface area contributed by atoms with Gasteiger partial charge in [0.25, 0.3) is 5.91 Å². The summed E-state index contributed by atoms with van der Waals surface area (Å²) >= 11 is 0. The first-order chi connectivity index (χ1) is 19.0. The highest BCUT2D eigenvalue weighted by atomic mass is 16.6. The van der Waals surface area contributed by atoms with E-state index < -0.39 is 47.8 Å². The Morgan fingerprint density at radius 2 is 1.95 bits per heavy atom. The second kappa shape index (κ2) is 12.3. The molecule has 1 saturated heterocycles. The minimum atomic E-state index is -1.40. The van der Waals surface area contributed by atoms with Crippen LogP contribution in [0.1, 0.15) is 59.8 Å². The smallest absolute Gasteiger partial charge is 0.411 e. The lowest BCUT2D eigenvalue weighted by Gasteiger charge is -2.29. The van der Waals surface area contributed by atoms with Crippen molar-refractivity contribution in [3.63, 3.8) is 0 Å². The Morgan fingerprint density at radius 3 is 2.60 bits per heavy atom. The number of aromatic nitrogens is 1. The third kappa shape index (κ3) is 7.32. The van der Waals surface area contributed by atoms with Gasteiger partial charge in [-0.1, -0.05) is 13.3 Å². The number of methoxy groups -OCH3 is 1. The van der Waals surface area contributed by atoms with Crippen molar-refractivity contribution in [3.05, 3.63) is 30.5 Å². The number of amides is 3. The summed E-state index contributed by atoms with van der Waals surface area (Å²) in [7, 11) is 1.60. The first-order valence-corrected chi connectivity index (χ1v) is 13.9. The minimum absolute atomic E-state index is 0.0827. The molecule has 3 N–H and O–H groups in total. The molecule has 1 saturated carbocycles. The molecule has 1 aromatic carbocycles. The number of likely N-dealkylation sites (tertiary alicyclic amines) is 1. The van der Waals surface area contributed by atoms with Crippen LogP contribution in [0.5, 0.6) is 11.6 Å². The third-order valence-electron chi connectivity index (χ3n) is 6.91. The van der Waals surface area contributed by atoms with E-state index >= 15 is 0 Å². The Morgan fingerprint density at radius 1 is 1.20 bits per heavy atom. The van der Waals surface area contributed by atoms with Crippen molar-refractivity contribution in [2.24, 2.45) is 0 Å². The number of carbonyl (C=O) groups is 3. The lowest BCUT2D eigenvalue weighted by Crippen LogP contribution is -2.55. The molecule has 2 fully saturated rings. The maximum absolute atomic E-state index is 13.6. The zero-order chi connectivity index (χ0) is 29.0. The Bertz CT molecular complexity index is 1230. The van der Waals surface area contributed by atoms with Crippen LogP contribution in [0.25, 0.3) is 10.8 Å². The van der Waals surface area contributed by atoms with Gasteiger partial charge >= 0.3 is 6.09 Å². The third-order valence-corrected chi connectivity index (χ3v) is 6.91. The molecule has 0 spiro atoms. The van der Waals surface area contributed by atoms with Gasteiger partial charge < -0.3 is 30.0 Å². The standard InChI is InChI=1S/C29H40N4O7/c1-6-7-22(24(34)26(36)31-18-8-9-18)32-25(35)23-15-20(16-33(23)28(37)40-29(2,3)4)39-27-21-11-10-19(38-5)14-17(21)12-13-30-27/h10-14,18,20,22-24,34H,6-9,15-16H2,1-5H3,(H,31,36)(H,32,35)/t20?,22-,23-,24?/m0/s1. The van der Waals surface area contributed by atoms with Crippen LogP contribution in [0, 0.1) is 0 Å². The number of pyridine rings is 1.